The Morgan fingerprint density at radius 2 is 2.00 bits per heavy atom. The molecular weight excluding hydrogens is 290 g/mol. The van der Waals surface area contributed by atoms with Gasteiger partial charge in [0.15, 0.2) is 5.96 Å². The second kappa shape index (κ2) is 9.14. The molecule has 1 saturated carbocycles. The van der Waals surface area contributed by atoms with Gasteiger partial charge in [0.25, 0.3) is 0 Å². The zero-order valence-electron chi connectivity index (χ0n) is 14.9. The quantitative estimate of drug-likeness (QED) is 0.323. The molecule has 5 heteroatoms. The van der Waals surface area contributed by atoms with E-state index in [2.05, 4.69) is 21.9 Å². The average molecular weight is 323 g/mol. The van der Waals surface area contributed by atoms with E-state index in [1.165, 1.54) is 39.3 Å². The number of hydrogen-bond acceptors (Lipinski definition) is 3. The Kier molecular flexibility index (Phi) is 7.18. The molecule has 0 aromatic carbocycles. The Morgan fingerprint density at radius 1 is 1.22 bits per heavy atom. The molecule has 2 aliphatic rings. The van der Waals surface area contributed by atoms with Gasteiger partial charge in [-0.15, -0.1) is 0 Å². The van der Waals surface area contributed by atoms with Crippen molar-refractivity contribution in [3.63, 3.8) is 0 Å². The number of nitrogens with zero attached hydrogens (tertiary/aromatic N) is 2. The maximum absolute atomic E-state index is 11.0. The van der Waals surface area contributed by atoms with Gasteiger partial charge >= 0.3 is 5.97 Å². The van der Waals surface area contributed by atoms with Crippen molar-refractivity contribution in [1.82, 2.24) is 10.2 Å². The molecule has 23 heavy (non-hydrogen) atoms. The van der Waals surface area contributed by atoms with Crippen LogP contribution in [0.1, 0.15) is 64.7 Å². The standard InChI is InChI=1S/C18H33N3O2/c1-3-19-17(21-14-12-18(15-21)10-8-11-18)20-13-7-5-4-6-9-16(22)23-2/h3-15H2,1-2H3,(H,19,20). The summed E-state index contributed by atoms with van der Waals surface area (Å²) in [6.45, 7) is 6.30. The molecule has 0 aromatic rings. The third-order valence-electron chi connectivity index (χ3n) is 5.27. The van der Waals surface area contributed by atoms with E-state index in [1.807, 2.05) is 0 Å². The Bertz CT molecular complexity index is 405. The van der Waals surface area contributed by atoms with Crippen molar-refractivity contribution >= 4 is 11.9 Å². The van der Waals surface area contributed by atoms with Crippen LogP contribution in [0.15, 0.2) is 4.99 Å². The predicted octanol–water partition coefficient (Wildman–Crippen LogP) is 2.95. The Balaban J connectivity index is 1.65. The average Bonchev–Trinajstić information content (AvgIpc) is 2.98. The maximum Gasteiger partial charge on any atom is 0.305 e. The Morgan fingerprint density at radius 3 is 2.61 bits per heavy atom. The summed E-state index contributed by atoms with van der Waals surface area (Å²) in [5, 5.41) is 3.45. The van der Waals surface area contributed by atoms with Crippen LogP contribution in [0.4, 0.5) is 0 Å². The van der Waals surface area contributed by atoms with E-state index < -0.39 is 0 Å². The molecule has 1 spiro atoms. The van der Waals surface area contributed by atoms with Gasteiger partial charge in [-0.05, 0) is 44.4 Å². The second-order valence-corrected chi connectivity index (χ2v) is 7.00. The molecule has 1 N–H and O–H groups in total. The zero-order chi connectivity index (χ0) is 16.5. The minimum Gasteiger partial charge on any atom is -0.469 e. The molecule has 0 unspecified atom stereocenters. The lowest BCUT2D eigenvalue weighted by atomic mass is 9.68. The molecule has 1 aliphatic heterocycles. The normalized spacial score (nSPS) is 19.7. The summed E-state index contributed by atoms with van der Waals surface area (Å²) in [7, 11) is 1.45. The minimum atomic E-state index is -0.101. The first kappa shape index (κ1) is 18.1. The molecule has 2 fully saturated rings. The molecule has 2 rings (SSSR count). The van der Waals surface area contributed by atoms with E-state index in [1.54, 1.807) is 0 Å². The first-order valence-corrected chi connectivity index (χ1v) is 9.29. The van der Waals surface area contributed by atoms with Gasteiger partial charge in [-0.1, -0.05) is 19.3 Å². The fraction of sp³-hybridized carbons (Fsp3) is 0.889. The first-order chi connectivity index (χ1) is 11.2. The Labute approximate surface area is 140 Å². The molecule has 1 saturated heterocycles. The van der Waals surface area contributed by atoms with Crippen molar-refractivity contribution in [3.05, 3.63) is 0 Å². The van der Waals surface area contributed by atoms with E-state index in [-0.39, 0.29) is 5.97 Å². The number of aliphatic imine (C=N–C) groups is 1. The number of methoxy groups -OCH3 is 1. The van der Waals surface area contributed by atoms with E-state index in [0.29, 0.717) is 11.8 Å². The number of likely N-dealkylation sites (tertiary alicyclic amines) is 1. The fourth-order valence-electron chi connectivity index (χ4n) is 3.65. The summed E-state index contributed by atoms with van der Waals surface area (Å²) in [5.41, 5.74) is 0.615. The van der Waals surface area contributed by atoms with Crippen LogP contribution in [-0.4, -0.2) is 50.1 Å². The highest BCUT2D eigenvalue weighted by Crippen LogP contribution is 2.47. The largest absolute Gasteiger partial charge is 0.469 e. The van der Waals surface area contributed by atoms with E-state index in [9.17, 15) is 4.79 Å². The van der Waals surface area contributed by atoms with Crippen molar-refractivity contribution in [3.8, 4) is 0 Å². The summed E-state index contributed by atoms with van der Waals surface area (Å²) < 4.78 is 4.65. The van der Waals surface area contributed by atoms with Crippen LogP contribution < -0.4 is 5.32 Å². The molecular formula is C18H33N3O2. The summed E-state index contributed by atoms with van der Waals surface area (Å²) in [5.74, 6) is 1.00. The van der Waals surface area contributed by atoms with Gasteiger partial charge in [0.2, 0.25) is 0 Å². The third kappa shape index (κ3) is 5.40. The van der Waals surface area contributed by atoms with Gasteiger partial charge in [-0.2, -0.15) is 0 Å². The van der Waals surface area contributed by atoms with E-state index in [0.717, 1.165) is 51.3 Å². The topological polar surface area (TPSA) is 53.9 Å². The molecule has 132 valence electrons. The highest BCUT2D eigenvalue weighted by atomic mass is 16.5. The van der Waals surface area contributed by atoms with Crippen LogP contribution in [0.5, 0.6) is 0 Å². The zero-order valence-corrected chi connectivity index (χ0v) is 14.9. The number of nitrogens with one attached hydrogen (secondary N) is 1. The van der Waals surface area contributed by atoms with Gasteiger partial charge in [0.1, 0.15) is 0 Å². The predicted molar refractivity (Wildman–Crippen MR) is 93.6 cm³/mol. The number of ether oxygens (including phenoxy) is 1. The molecule has 1 aliphatic carbocycles. The van der Waals surface area contributed by atoms with E-state index in [4.69, 9.17) is 4.99 Å². The van der Waals surface area contributed by atoms with Crippen LogP contribution >= 0.6 is 0 Å². The SMILES string of the molecule is CCNC(=NCCCCCCC(=O)OC)N1CCC2(CCC2)C1. The van der Waals surface area contributed by atoms with Crippen LogP contribution in [0.25, 0.3) is 0 Å². The van der Waals surface area contributed by atoms with Crippen LogP contribution in [0.3, 0.4) is 0 Å². The van der Waals surface area contributed by atoms with Gasteiger partial charge in [0.05, 0.1) is 7.11 Å². The maximum atomic E-state index is 11.0. The van der Waals surface area contributed by atoms with Crippen molar-refractivity contribution in [1.29, 1.82) is 0 Å². The summed E-state index contributed by atoms with van der Waals surface area (Å²) >= 11 is 0. The summed E-state index contributed by atoms with van der Waals surface area (Å²) in [6.07, 6.45) is 10.3. The number of hydrogen-bond donors (Lipinski definition) is 1. The van der Waals surface area contributed by atoms with Gasteiger partial charge < -0.3 is 15.0 Å². The van der Waals surface area contributed by atoms with Gasteiger partial charge in [0, 0.05) is 32.6 Å². The molecule has 0 aromatic heterocycles. The first-order valence-electron chi connectivity index (χ1n) is 9.29. The molecule has 0 radical (unpaired) electrons. The molecule has 0 amide bonds. The number of rotatable bonds is 8. The smallest absolute Gasteiger partial charge is 0.305 e. The van der Waals surface area contributed by atoms with E-state index >= 15 is 0 Å². The molecule has 0 atom stereocenters. The van der Waals surface area contributed by atoms with Crippen molar-refractivity contribution in [2.24, 2.45) is 10.4 Å². The highest BCUT2D eigenvalue weighted by molar-refractivity contribution is 5.80. The minimum absolute atomic E-state index is 0.101. The number of carbonyl (C=O) groups is 1. The lowest BCUT2D eigenvalue weighted by Crippen LogP contribution is -2.42. The third-order valence-corrected chi connectivity index (χ3v) is 5.27. The van der Waals surface area contributed by atoms with Crippen LogP contribution in [0.2, 0.25) is 0 Å². The molecule has 1 heterocycles. The number of guanidine groups is 1. The number of carbonyl (C=O) groups excluding carboxylic acids is 1. The second-order valence-electron chi connectivity index (χ2n) is 7.00. The highest BCUT2D eigenvalue weighted by Gasteiger charge is 2.43. The van der Waals surface area contributed by atoms with Crippen molar-refractivity contribution < 1.29 is 9.53 Å². The van der Waals surface area contributed by atoms with Crippen molar-refractivity contribution in [2.75, 3.05) is 33.3 Å². The number of unbranched alkanes of at least 4 members (excludes halogenated alkanes) is 3. The molecule has 0 bridgehead atoms. The molecule has 5 nitrogen and oxygen atoms in total. The summed E-state index contributed by atoms with van der Waals surface area (Å²) in [6, 6.07) is 0. The van der Waals surface area contributed by atoms with Crippen LogP contribution in [0, 0.1) is 5.41 Å². The monoisotopic (exact) mass is 323 g/mol. The van der Waals surface area contributed by atoms with Gasteiger partial charge in [-0.25, -0.2) is 0 Å². The van der Waals surface area contributed by atoms with Crippen molar-refractivity contribution in [2.45, 2.75) is 64.7 Å². The lowest BCUT2D eigenvalue weighted by molar-refractivity contribution is -0.140. The fourth-order valence-corrected chi connectivity index (χ4v) is 3.65. The van der Waals surface area contributed by atoms with Crippen LogP contribution in [-0.2, 0) is 9.53 Å². The lowest BCUT2D eigenvalue weighted by Gasteiger charge is -2.38. The summed E-state index contributed by atoms with van der Waals surface area (Å²) in [4.78, 5) is 18.3. The van der Waals surface area contributed by atoms with Gasteiger partial charge in [-0.3, -0.25) is 9.79 Å². The Hall–Kier alpha value is -1.26. The number of esters is 1.